The minimum absolute atomic E-state index is 0.140. The van der Waals surface area contributed by atoms with E-state index in [1.54, 1.807) is 0 Å². The second-order valence-electron chi connectivity index (χ2n) is 4.20. The average molecular weight is 323 g/mol. The van der Waals surface area contributed by atoms with Crippen molar-refractivity contribution in [3.05, 3.63) is 33.3 Å². The van der Waals surface area contributed by atoms with E-state index in [9.17, 15) is 27.2 Å². The van der Waals surface area contributed by atoms with Gasteiger partial charge in [-0.05, 0) is 12.1 Å². The van der Waals surface area contributed by atoms with E-state index >= 15 is 0 Å². The van der Waals surface area contributed by atoms with Gasteiger partial charge in [-0.15, -0.1) is 3.89 Å². The van der Waals surface area contributed by atoms with Gasteiger partial charge in [-0.3, -0.25) is 14.9 Å². The van der Waals surface area contributed by atoms with Crippen LogP contribution in [0.3, 0.4) is 0 Å². The number of nitro groups is 1. The van der Waals surface area contributed by atoms with Gasteiger partial charge in [0.25, 0.3) is 5.69 Å². The standard InChI is InChI=1S/C10H8ClFN2O5S/c11-6-1-2-8(14(16)17)9(3-6)13-5-7(4-10(13)15)20(12,18)19/h1-3,7H,4-5H2. The molecule has 0 bridgehead atoms. The Bertz CT molecular complexity index is 693. The van der Waals surface area contributed by atoms with Crippen molar-refractivity contribution in [2.24, 2.45) is 0 Å². The topological polar surface area (TPSA) is 97.6 Å². The zero-order chi connectivity index (χ0) is 15.1. The lowest BCUT2D eigenvalue weighted by molar-refractivity contribution is -0.384. The zero-order valence-electron chi connectivity index (χ0n) is 9.82. The van der Waals surface area contributed by atoms with Crippen LogP contribution in [0.5, 0.6) is 0 Å². The number of benzene rings is 1. The molecule has 2 rings (SSSR count). The maximum absolute atomic E-state index is 12.9. The second kappa shape index (κ2) is 4.98. The van der Waals surface area contributed by atoms with E-state index in [4.69, 9.17) is 11.6 Å². The van der Waals surface area contributed by atoms with Gasteiger partial charge < -0.3 is 4.90 Å². The predicted molar refractivity (Wildman–Crippen MR) is 68.9 cm³/mol. The summed E-state index contributed by atoms with van der Waals surface area (Å²) in [5, 5.41) is 9.53. The van der Waals surface area contributed by atoms with Gasteiger partial charge >= 0.3 is 10.2 Å². The molecular weight excluding hydrogens is 315 g/mol. The van der Waals surface area contributed by atoms with Crippen molar-refractivity contribution >= 4 is 39.1 Å². The van der Waals surface area contributed by atoms with Crippen molar-refractivity contribution < 1.29 is 22.0 Å². The van der Waals surface area contributed by atoms with Crippen molar-refractivity contribution in [3.63, 3.8) is 0 Å². The van der Waals surface area contributed by atoms with Crippen LogP contribution in [0.25, 0.3) is 0 Å². The lowest BCUT2D eigenvalue weighted by Gasteiger charge is -2.16. The number of hydrogen-bond acceptors (Lipinski definition) is 5. The third-order valence-corrected chi connectivity index (χ3v) is 4.26. The molecule has 0 spiro atoms. The first kappa shape index (κ1) is 14.7. The number of rotatable bonds is 3. The fourth-order valence-electron chi connectivity index (χ4n) is 1.96. The van der Waals surface area contributed by atoms with Gasteiger partial charge in [0, 0.05) is 24.1 Å². The van der Waals surface area contributed by atoms with E-state index in [-0.39, 0.29) is 10.7 Å². The summed E-state index contributed by atoms with van der Waals surface area (Å²) in [6.45, 7) is -0.473. The maximum Gasteiger partial charge on any atom is 0.307 e. The van der Waals surface area contributed by atoms with Gasteiger partial charge in [0.1, 0.15) is 10.9 Å². The van der Waals surface area contributed by atoms with E-state index in [1.807, 2.05) is 0 Å². The number of amides is 1. The van der Waals surface area contributed by atoms with E-state index in [1.165, 1.54) is 12.1 Å². The molecule has 1 heterocycles. The monoisotopic (exact) mass is 322 g/mol. The molecule has 1 unspecified atom stereocenters. The minimum Gasteiger partial charge on any atom is -0.305 e. The molecule has 0 aliphatic carbocycles. The Labute approximate surface area is 118 Å². The first-order chi connectivity index (χ1) is 9.20. The van der Waals surface area contributed by atoms with Gasteiger partial charge in [-0.25, -0.2) is 0 Å². The highest BCUT2D eigenvalue weighted by Gasteiger charge is 2.41. The zero-order valence-corrected chi connectivity index (χ0v) is 11.4. The van der Waals surface area contributed by atoms with Crippen LogP contribution in [0, 0.1) is 10.1 Å². The summed E-state index contributed by atoms with van der Waals surface area (Å²) in [6.07, 6.45) is -0.553. The number of hydrogen-bond donors (Lipinski definition) is 0. The van der Waals surface area contributed by atoms with Crippen LogP contribution in [-0.4, -0.2) is 31.0 Å². The van der Waals surface area contributed by atoms with Crippen LogP contribution < -0.4 is 4.90 Å². The van der Waals surface area contributed by atoms with Crippen molar-refractivity contribution in [1.29, 1.82) is 0 Å². The first-order valence-corrected chi connectivity index (χ1v) is 7.20. The van der Waals surface area contributed by atoms with E-state index < -0.39 is 45.0 Å². The summed E-state index contributed by atoms with van der Waals surface area (Å²) in [5.74, 6) is -0.707. The average Bonchev–Trinajstić information content (AvgIpc) is 2.70. The first-order valence-electron chi connectivity index (χ1n) is 5.38. The molecule has 1 fully saturated rings. The van der Waals surface area contributed by atoms with Gasteiger partial charge in [-0.2, -0.15) is 8.42 Å². The van der Waals surface area contributed by atoms with Gasteiger partial charge in [0.15, 0.2) is 0 Å². The third kappa shape index (κ3) is 2.73. The Morgan fingerprint density at radius 1 is 1.45 bits per heavy atom. The molecular formula is C10H8ClFN2O5S. The summed E-state index contributed by atoms with van der Waals surface area (Å²) >= 11 is 5.72. The highest BCUT2D eigenvalue weighted by Crippen LogP contribution is 2.35. The molecule has 10 heteroatoms. The Hall–Kier alpha value is -1.74. The highest BCUT2D eigenvalue weighted by atomic mass is 35.5. The number of nitro benzene ring substituents is 1. The fraction of sp³-hybridized carbons (Fsp3) is 0.300. The SMILES string of the molecule is O=C1CC(S(=O)(=O)F)CN1c1cc(Cl)ccc1[N+](=O)[O-]. The fourth-order valence-corrected chi connectivity index (χ4v) is 2.80. The molecule has 20 heavy (non-hydrogen) atoms. The van der Waals surface area contributed by atoms with Crippen LogP contribution in [0.2, 0.25) is 5.02 Å². The Morgan fingerprint density at radius 3 is 2.60 bits per heavy atom. The quantitative estimate of drug-likeness (QED) is 0.479. The number of halogens is 2. The Balaban J connectivity index is 2.45. The molecule has 7 nitrogen and oxygen atoms in total. The normalized spacial score (nSPS) is 19.4. The summed E-state index contributed by atoms with van der Waals surface area (Å²) in [6, 6.07) is 3.54. The van der Waals surface area contributed by atoms with Crippen molar-refractivity contribution in [2.75, 3.05) is 11.4 Å². The molecule has 0 aromatic heterocycles. The number of nitrogens with zero attached hydrogens (tertiary/aromatic N) is 2. The van der Waals surface area contributed by atoms with Crippen LogP contribution in [0.1, 0.15) is 6.42 Å². The summed E-state index contributed by atoms with van der Waals surface area (Å²) in [7, 11) is -4.88. The highest BCUT2D eigenvalue weighted by molar-refractivity contribution is 7.87. The van der Waals surface area contributed by atoms with Crippen molar-refractivity contribution in [3.8, 4) is 0 Å². The van der Waals surface area contributed by atoms with Crippen LogP contribution in [-0.2, 0) is 15.0 Å². The molecule has 0 saturated carbocycles. The molecule has 0 radical (unpaired) electrons. The molecule has 1 atom stereocenters. The van der Waals surface area contributed by atoms with Gasteiger partial charge in [-0.1, -0.05) is 11.6 Å². The number of anilines is 1. The number of carbonyl (C=O) groups excluding carboxylic acids is 1. The maximum atomic E-state index is 12.9. The molecule has 1 aliphatic heterocycles. The van der Waals surface area contributed by atoms with Crippen molar-refractivity contribution in [2.45, 2.75) is 11.7 Å². The van der Waals surface area contributed by atoms with E-state index in [0.717, 1.165) is 11.0 Å². The Morgan fingerprint density at radius 2 is 2.10 bits per heavy atom. The smallest absolute Gasteiger partial charge is 0.305 e. The molecule has 1 amide bonds. The molecule has 1 saturated heterocycles. The summed E-state index contributed by atoms with van der Waals surface area (Å²) in [4.78, 5) is 22.8. The predicted octanol–water partition coefficient (Wildman–Crippen LogP) is 1.65. The molecule has 1 aliphatic rings. The molecule has 1 aromatic rings. The summed E-state index contributed by atoms with van der Waals surface area (Å²) < 4.78 is 34.6. The molecule has 0 N–H and O–H groups in total. The summed E-state index contributed by atoms with van der Waals surface area (Å²) in [5.41, 5.74) is -0.543. The molecule has 1 aromatic carbocycles. The van der Waals surface area contributed by atoms with Crippen LogP contribution >= 0.6 is 11.6 Å². The lowest BCUT2D eigenvalue weighted by Crippen LogP contribution is -2.27. The van der Waals surface area contributed by atoms with Gasteiger partial charge in [0.2, 0.25) is 5.91 Å². The van der Waals surface area contributed by atoms with Crippen LogP contribution in [0.4, 0.5) is 15.3 Å². The Kier molecular flexibility index (Phi) is 3.65. The van der Waals surface area contributed by atoms with Gasteiger partial charge in [0.05, 0.1) is 4.92 Å². The van der Waals surface area contributed by atoms with Crippen LogP contribution in [0.15, 0.2) is 18.2 Å². The van der Waals surface area contributed by atoms with E-state index in [0.29, 0.717) is 0 Å². The third-order valence-electron chi connectivity index (χ3n) is 2.91. The second-order valence-corrected chi connectivity index (χ2v) is 6.25. The van der Waals surface area contributed by atoms with E-state index in [2.05, 4.69) is 0 Å². The largest absolute Gasteiger partial charge is 0.307 e. The molecule has 108 valence electrons. The number of carbonyl (C=O) groups is 1. The lowest BCUT2D eigenvalue weighted by atomic mass is 10.2. The minimum atomic E-state index is -4.88. The van der Waals surface area contributed by atoms with Crippen molar-refractivity contribution in [1.82, 2.24) is 0 Å².